The molecule has 0 radical (unpaired) electrons. The smallest absolute Gasteiger partial charge is 0.215 e. The predicted molar refractivity (Wildman–Crippen MR) is 104 cm³/mol. The zero-order valence-corrected chi connectivity index (χ0v) is 16.0. The Hall–Kier alpha value is -2.99. The second-order valence-electron chi connectivity index (χ2n) is 6.44. The molecule has 2 aromatic heterocycles. The molecule has 0 fully saturated rings. The van der Waals surface area contributed by atoms with E-state index in [0.29, 0.717) is 22.2 Å². The third-order valence-corrected chi connectivity index (χ3v) is 4.82. The molecule has 0 N–H and O–H groups in total. The standard InChI is InChI=1S/C21H16ClF2N3O/c1-12-9-19(28-11-16-17(22)7-4-8-18(16)24)25-21-20(12)13(2)26-27(21)15-6-3-5-14(23)10-15/h3-10H,11H2,1-2H3. The van der Waals surface area contributed by atoms with E-state index in [4.69, 9.17) is 16.3 Å². The second kappa shape index (κ2) is 7.20. The van der Waals surface area contributed by atoms with Crippen LogP contribution in [-0.4, -0.2) is 14.8 Å². The van der Waals surface area contributed by atoms with Crippen LogP contribution in [0.15, 0.2) is 48.5 Å². The molecule has 4 rings (SSSR count). The van der Waals surface area contributed by atoms with Gasteiger partial charge in [-0.3, -0.25) is 0 Å². The monoisotopic (exact) mass is 399 g/mol. The molecule has 4 aromatic rings. The van der Waals surface area contributed by atoms with Gasteiger partial charge < -0.3 is 4.74 Å². The minimum Gasteiger partial charge on any atom is -0.473 e. The van der Waals surface area contributed by atoms with Crippen LogP contribution in [0.25, 0.3) is 16.7 Å². The van der Waals surface area contributed by atoms with Crippen molar-refractivity contribution in [2.75, 3.05) is 0 Å². The first-order chi connectivity index (χ1) is 13.4. The number of hydrogen-bond donors (Lipinski definition) is 0. The number of fused-ring (bicyclic) bond motifs is 1. The van der Waals surface area contributed by atoms with E-state index in [1.165, 1.54) is 24.3 Å². The van der Waals surface area contributed by atoms with Crippen LogP contribution in [0.4, 0.5) is 8.78 Å². The summed E-state index contributed by atoms with van der Waals surface area (Å²) in [5.41, 5.74) is 3.03. The molecule has 0 bridgehead atoms. The third kappa shape index (κ3) is 3.31. The molecular formula is C21H16ClF2N3O. The predicted octanol–water partition coefficient (Wildman–Crippen LogP) is 5.55. The molecule has 4 nitrogen and oxygen atoms in total. The molecule has 7 heteroatoms. The molecule has 0 atom stereocenters. The van der Waals surface area contributed by atoms with Crippen molar-refractivity contribution >= 4 is 22.6 Å². The average Bonchev–Trinajstić information content (AvgIpc) is 2.98. The van der Waals surface area contributed by atoms with E-state index in [2.05, 4.69) is 10.1 Å². The Morgan fingerprint density at radius 3 is 2.61 bits per heavy atom. The summed E-state index contributed by atoms with van der Waals surface area (Å²) in [4.78, 5) is 4.53. The molecule has 0 saturated heterocycles. The number of rotatable bonds is 4. The highest BCUT2D eigenvalue weighted by molar-refractivity contribution is 6.31. The number of nitrogens with zero attached hydrogens (tertiary/aromatic N) is 3. The van der Waals surface area contributed by atoms with Gasteiger partial charge in [-0.25, -0.2) is 13.5 Å². The van der Waals surface area contributed by atoms with Gasteiger partial charge in [-0.15, -0.1) is 0 Å². The van der Waals surface area contributed by atoms with Gasteiger partial charge >= 0.3 is 0 Å². The first-order valence-corrected chi connectivity index (χ1v) is 9.00. The maximum atomic E-state index is 14.0. The highest BCUT2D eigenvalue weighted by Gasteiger charge is 2.16. The SMILES string of the molecule is Cc1cc(OCc2c(F)cccc2Cl)nc2c1c(C)nn2-c1cccc(F)c1. The molecule has 28 heavy (non-hydrogen) atoms. The summed E-state index contributed by atoms with van der Waals surface area (Å²) in [6.45, 7) is 3.72. The number of aromatic nitrogens is 3. The lowest BCUT2D eigenvalue weighted by Crippen LogP contribution is -2.03. The van der Waals surface area contributed by atoms with E-state index in [0.717, 1.165) is 16.6 Å². The fourth-order valence-electron chi connectivity index (χ4n) is 3.15. The van der Waals surface area contributed by atoms with Crippen molar-refractivity contribution in [3.63, 3.8) is 0 Å². The van der Waals surface area contributed by atoms with Crippen molar-refractivity contribution in [3.05, 3.63) is 82.0 Å². The highest BCUT2D eigenvalue weighted by atomic mass is 35.5. The molecule has 0 aliphatic heterocycles. The van der Waals surface area contributed by atoms with Gasteiger partial charge in [0, 0.05) is 17.0 Å². The molecule has 0 aliphatic carbocycles. The number of ether oxygens (including phenoxy) is 1. The van der Waals surface area contributed by atoms with Crippen molar-refractivity contribution in [1.29, 1.82) is 0 Å². The van der Waals surface area contributed by atoms with E-state index < -0.39 is 5.82 Å². The Morgan fingerprint density at radius 1 is 1.07 bits per heavy atom. The van der Waals surface area contributed by atoms with Crippen LogP contribution in [0.2, 0.25) is 5.02 Å². The molecular weight excluding hydrogens is 384 g/mol. The number of benzene rings is 2. The van der Waals surface area contributed by atoms with E-state index in [1.54, 1.807) is 28.9 Å². The van der Waals surface area contributed by atoms with Crippen LogP contribution >= 0.6 is 11.6 Å². The molecule has 2 aromatic carbocycles. The van der Waals surface area contributed by atoms with Crippen molar-refractivity contribution in [2.24, 2.45) is 0 Å². The Kier molecular flexibility index (Phi) is 4.73. The van der Waals surface area contributed by atoms with Crippen molar-refractivity contribution in [2.45, 2.75) is 20.5 Å². The molecule has 0 unspecified atom stereocenters. The summed E-state index contributed by atoms with van der Waals surface area (Å²) in [6.07, 6.45) is 0. The van der Waals surface area contributed by atoms with Gasteiger partial charge in [0.15, 0.2) is 5.65 Å². The first kappa shape index (κ1) is 18.4. The van der Waals surface area contributed by atoms with E-state index in [-0.39, 0.29) is 18.0 Å². The highest BCUT2D eigenvalue weighted by Crippen LogP contribution is 2.28. The molecule has 0 saturated carbocycles. The Labute approximate surface area is 165 Å². The average molecular weight is 400 g/mol. The van der Waals surface area contributed by atoms with Gasteiger partial charge in [0.2, 0.25) is 5.88 Å². The lowest BCUT2D eigenvalue weighted by Gasteiger charge is -2.10. The minimum absolute atomic E-state index is 0.0590. The van der Waals surface area contributed by atoms with E-state index in [1.807, 2.05) is 13.8 Å². The van der Waals surface area contributed by atoms with Gasteiger partial charge in [0.05, 0.1) is 16.4 Å². The summed E-state index contributed by atoms with van der Waals surface area (Å²) in [5.74, 6) is -0.495. The van der Waals surface area contributed by atoms with Crippen molar-refractivity contribution < 1.29 is 13.5 Å². The fraction of sp³-hybridized carbons (Fsp3) is 0.143. The van der Waals surface area contributed by atoms with Crippen LogP contribution in [-0.2, 0) is 6.61 Å². The third-order valence-electron chi connectivity index (χ3n) is 4.47. The Balaban J connectivity index is 1.76. The van der Waals surface area contributed by atoms with E-state index >= 15 is 0 Å². The zero-order valence-electron chi connectivity index (χ0n) is 15.2. The number of halogens is 3. The summed E-state index contributed by atoms with van der Waals surface area (Å²) < 4.78 is 34.9. The van der Waals surface area contributed by atoms with Gasteiger partial charge in [-0.2, -0.15) is 10.1 Å². The summed E-state index contributed by atoms with van der Waals surface area (Å²) in [6, 6.07) is 12.3. The number of hydrogen-bond acceptors (Lipinski definition) is 3. The molecule has 142 valence electrons. The largest absolute Gasteiger partial charge is 0.473 e. The molecule has 2 heterocycles. The maximum Gasteiger partial charge on any atom is 0.215 e. The Morgan fingerprint density at radius 2 is 1.86 bits per heavy atom. The van der Waals surface area contributed by atoms with Crippen LogP contribution in [0.3, 0.4) is 0 Å². The van der Waals surface area contributed by atoms with Gasteiger partial charge in [-0.1, -0.05) is 23.7 Å². The summed E-state index contributed by atoms with van der Waals surface area (Å²) in [5, 5.41) is 5.65. The summed E-state index contributed by atoms with van der Waals surface area (Å²) >= 11 is 6.06. The zero-order chi connectivity index (χ0) is 19.8. The fourth-order valence-corrected chi connectivity index (χ4v) is 3.37. The minimum atomic E-state index is -0.439. The number of pyridine rings is 1. The summed E-state index contributed by atoms with van der Waals surface area (Å²) in [7, 11) is 0. The van der Waals surface area contributed by atoms with Gasteiger partial charge in [0.1, 0.15) is 18.2 Å². The van der Waals surface area contributed by atoms with Crippen LogP contribution in [0.1, 0.15) is 16.8 Å². The van der Waals surface area contributed by atoms with Crippen molar-refractivity contribution in [3.8, 4) is 11.6 Å². The van der Waals surface area contributed by atoms with Gasteiger partial charge in [-0.05, 0) is 49.7 Å². The first-order valence-electron chi connectivity index (χ1n) is 8.62. The lowest BCUT2D eigenvalue weighted by atomic mass is 10.1. The van der Waals surface area contributed by atoms with Crippen LogP contribution in [0, 0.1) is 25.5 Å². The quantitative estimate of drug-likeness (QED) is 0.452. The van der Waals surface area contributed by atoms with Gasteiger partial charge in [0.25, 0.3) is 0 Å². The van der Waals surface area contributed by atoms with Crippen LogP contribution < -0.4 is 4.74 Å². The second-order valence-corrected chi connectivity index (χ2v) is 6.85. The Bertz CT molecular complexity index is 1170. The molecule has 0 amide bonds. The maximum absolute atomic E-state index is 14.0. The molecule has 0 spiro atoms. The van der Waals surface area contributed by atoms with Crippen molar-refractivity contribution in [1.82, 2.24) is 14.8 Å². The van der Waals surface area contributed by atoms with Crippen LogP contribution in [0.5, 0.6) is 5.88 Å². The number of aryl methyl sites for hydroxylation is 2. The normalized spacial score (nSPS) is 11.2. The molecule has 0 aliphatic rings. The topological polar surface area (TPSA) is 39.9 Å². The van der Waals surface area contributed by atoms with E-state index in [9.17, 15) is 8.78 Å². The lowest BCUT2D eigenvalue weighted by molar-refractivity contribution is 0.289.